The first-order chi connectivity index (χ1) is 22.5. The van der Waals surface area contributed by atoms with Gasteiger partial charge in [0.1, 0.15) is 24.7 Å². The molecule has 5 rings (SSSR count). The smallest absolute Gasteiger partial charge is 0.328 e. The molecular weight excluding hydrogens is 580 g/mol. The quantitative estimate of drug-likeness (QED) is 0.205. The second-order valence-corrected chi connectivity index (χ2v) is 11.6. The van der Waals surface area contributed by atoms with Crippen LogP contribution in [0.3, 0.4) is 0 Å². The van der Waals surface area contributed by atoms with Gasteiger partial charge < -0.3 is 19.7 Å². The summed E-state index contributed by atoms with van der Waals surface area (Å²) in [7, 11) is 1.32. The highest BCUT2D eigenvalue weighted by atomic mass is 16.5. The summed E-state index contributed by atoms with van der Waals surface area (Å²) in [6.45, 7) is 1.71. The van der Waals surface area contributed by atoms with Crippen LogP contribution in [0.5, 0.6) is 5.75 Å². The number of benzene rings is 3. The molecule has 1 aromatic heterocycles. The lowest BCUT2D eigenvalue weighted by molar-refractivity contribution is -0.145. The third-order valence-electron chi connectivity index (χ3n) is 8.32. The van der Waals surface area contributed by atoms with E-state index in [0.29, 0.717) is 45.4 Å². The van der Waals surface area contributed by atoms with Crippen LogP contribution in [0.2, 0.25) is 0 Å². The molecular formula is C37H40N4O5. The van der Waals surface area contributed by atoms with E-state index >= 15 is 0 Å². The highest BCUT2D eigenvalue weighted by Gasteiger charge is 2.27. The Morgan fingerprint density at radius 2 is 1.59 bits per heavy atom. The minimum atomic E-state index is -0.789. The van der Waals surface area contributed by atoms with Crippen molar-refractivity contribution in [2.24, 2.45) is 5.92 Å². The molecule has 4 aromatic rings. The number of hydrogen-bond acceptors (Lipinski definition) is 7. The molecule has 0 bridgehead atoms. The molecule has 0 radical (unpaired) electrons. The molecule has 2 heterocycles. The second kappa shape index (κ2) is 16.3. The van der Waals surface area contributed by atoms with Crippen molar-refractivity contribution < 1.29 is 23.9 Å². The molecule has 238 valence electrons. The average molecular weight is 621 g/mol. The normalized spacial score (nSPS) is 13.9. The van der Waals surface area contributed by atoms with Gasteiger partial charge in [0.15, 0.2) is 0 Å². The van der Waals surface area contributed by atoms with Crippen LogP contribution in [-0.4, -0.2) is 58.9 Å². The summed E-state index contributed by atoms with van der Waals surface area (Å²) < 4.78 is 10.8. The predicted octanol–water partition coefficient (Wildman–Crippen LogP) is 5.18. The van der Waals surface area contributed by atoms with Gasteiger partial charge in [-0.25, -0.2) is 14.8 Å². The number of hydrogen-bond donors (Lipinski definition) is 1. The van der Waals surface area contributed by atoms with Gasteiger partial charge in [-0.05, 0) is 59.6 Å². The highest BCUT2D eigenvalue weighted by molar-refractivity contribution is 5.84. The van der Waals surface area contributed by atoms with Gasteiger partial charge in [-0.1, -0.05) is 66.7 Å². The van der Waals surface area contributed by atoms with E-state index in [0.717, 1.165) is 46.4 Å². The zero-order valence-electron chi connectivity index (χ0n) is 26.1. The molecule has 46 heavy (non-hydrogen) atoms. The van der Waals surface area contributed by atoms with Crippen molar-refractivity contribution in [1.29, 1.82) is 0 Å². The fourth-order valence-electron chi connectivity index (χ4n) is 5.70. The third-order valence-corrected chi connectivity index (χ3v) is 8.32. The molecule has 3 aromatic carbocycles. The number of aromatic nitrogens is 2. The molecule has 9 nitrogen and oxygen atoms in total. The Kier molecular flexibility index (Phi) is 11.5. The number of piperidine rings is 1. The van der Waals surface area contributed by atoms with E-state index in [1.165, 1.54) is 13.4 Å². The monoisotopic (exact) mass is 620 g/mol. The number of aryl methyl sites for hydroxylation is 1. The topological polar surface area (TPSA) is 111 Å². The number of methoxy groups -OCH3 is 1. The van der Waals surface area contributed by atoms with Gasteiger partial charge in [-0.3, -0.25) is 9.59 Å². The summed E-state index contributed by atoms with van der Waals surface area (Å²) in [6.07, 6.45) is 8.25. The third kappa shape index (κ3) is 9.47. The van der Waals surface area contributed by atoms with Crippen molar-refractivity contribution >= 4 is 17.8 Å². The van der Waals surface area contributed by atoms with Crippen LogP contribution >= 0.6 is 0 Å². The van der Waals surface area contributed by atoms with Crippen molar-refractivity contribution in [3.8, 4) is 16.9 Å². The fraction of sp³-hybridized carbons (Fsp3) is 0.324. The van der Waals surface area contributed by atoms with Crippen LogP contribution in [-0.2, 0) is 38.6 Å². The van der Waals surface area contributed by atoms with E-state index in [4.69, 9.17) is 9.47 Å². The molecule has 1 atom stereocenters. The Bertz CT molecular complexity index is 1570. The maximum atomic E-state index is 13.0. The first-order valence-electron chi connectivity index (χ1n) is 15.7. The summed E-state index contributed by atoms with van der Waals surface area (Å²) >= 11 is 0. The summed E-state index contributed by atoms with van der Waals surface area (Å²) in [5.41, 5.74) is 5.03. The Hall–Kier alpha value is -5.05. The van der Waals surface area contributed by atoms with Crippen molar-refractivity contribution in [2.75, 3.05) is 20.2 Å². The molecule has 1 saturated heterocycles. The van der Waals surface area contributed by atoms with Gasteiger partial charge >= 0.3 is 5.97 Å². The van der Waals surface area contributed by atoms with Gasteiger partial charge in [0, 0.05) is 50.3 Å². The minimum Gasteiger partial charge on any atom is -0.489 e. The highest BCUT2D eigenvalue weighted by Crippen LogP contribution is 2.23. The Balaban J connectivity index is 1.05. The molecule has 9 heteroatoms. The van der Waals surface area contributed by atoms with Crippen LogP contribution in [0.15, 0.2) is 97.6 Å². The number of amides is 2. The average Bonchev–Trinajstić information content (AvgIpc) is 3.11. The van der Waals surface area contributed by atoms with E-state index in [2.05, 4.69) is 21.4 Å². The Labute approximate surface area is 270 Å². The van der Waals surface area contributed by atoms with Crippen molar-refractivity contribution in [3.05, 3.63) is 114 Å². The minimum absolute atomic E-state index is 0.124. The van der Waals surface area contributed by atoms with Crippen molar-refractivity contribution in [2.45, 2.75) is 51.2 Å². The number of likely N-dealkylation sites (tertiary alicyclic amines) is 1. The first kappa shape index (κ1) is 32.3. The molecule has 1 fully saturated rings. The molecule has 1 aliphatic rings. The SMILES string of the molecule is COC(=O)C(Cc1ccc(OCc2ccccc2)cc1)NC(=O)CC1CCN(C(=O)CCc2cccc(-c3cncnc3)c2)CC1. The van der Waals surface area contributed by atoms with Crippen molar-refractivity contribution in [3.63, 3.8) is 0 Å². The molecule has 2 amide bonds. The number of nitrogens with zero attached hydrogens (tertiary/aromatic N) is 3. The first-order valence-corrected chi connectivity index (χ1v) is 15.7. The van der Waals surface area contributed by atoms with E-state index < -0.39 is 12.0 Å². The van der Waals surface area contributed by atoms with E-state index in [-0.39, 0.29) is 17.7 Å². The number of carbonyl (C=O) groups excluding carboxylic acids is 3. The molecule has 0 spiro atoms. The maximum Gasteiger partial charge on any atom is 0.328 e. The van der Waals surface area contributed by atoms with Gasteiger partial charge in [0.25, 0.3) is 0 Å². The van der Waals surface area contributed by atoms with Crippen LogP contribution in [0.1, 0.15) is 42.4 Å². The Morgan fingerprint density at radius 3 is 2.30 bits per heavy atom. The zero-order valence-corrected chi connectivity index (χ0v) is 26.1. The number of ether oxygens (including phenoxy) is 2. The number of nitrogens with one attached hydrogen (secondary N) is 1. The van der Waals surface area contributed by atoms with Crippen molar-refractivity contribution in [1.82, 2.24) is 20.2 Å². The maximum absolute atomic E-state index is 13.0. The van der Waals surface area contributed by atoms with Crippen LogP contribution in [0, 0.1) is 5.92 Å². The van der Waals surface area contributed by atoms with Gasteiger partial charge in [-0.2, -0.15) is 0 Å². The largest absolute Gasteiger partial charge is 0.489 e. The lowest BCUT2D eigenvalue weighted by Gasteiger charge is -2.32. The summed E-state index contributed by atoms with van der Waals surface area (Å²) in [6, 6.07) is 24.8. The van der Waals surface area contributed by atoms with Gasteiger partial charge in [0.05, 0.1) is 7.11 Å². The number of esters is 1. The number of carbonyl (C=O) groups is 3. The summed E-state index contributed by atoms with van der Waals surface area (Å²) in [4.78, 5) is 48.6. The standard InChI is InChI=1S/C37H40N4O5/c1-45-37(44)34(21-28-10-13-33(14-11-28)46-25-30-6-3-2-4-7-30)40-35(42)22-29-16-18-41(19-17-29)36(43)15-12-27-8-5-9-31(20-27)32-23-38-26-39-24-32/h2-11,13-14,20,23-24,26,29,34H,12,15-19,21-22,25H2,1H3,(H,40,42). The van der Waals surface area contributed by atoms with E-state index in [1.54, 1.807) is 12.4 Å². The van der Waals surface area contributed by atoms with E-state index in [9.17, 15) is 14.4 Å². The zero-order chi connectivity index (χ0) is 32.1. The van der Waals surface area contributed by atoms with Gasteiger partial charge in [-0.15, -0.1) is 0 Å². The summed E-state index contributed by atoms with van der Waals surface area (Å²) in [5.74, 6) is 0.322. The lowest BCUT2D eigenvalue weighted by atomic mass is 9.92. The second-order valence-electron chi connectivity index (χ2n) is 11.6. The van der Waals surface area contributed by atoms with Crippen LogP contribution in [0.25, 0.3) is 11.1 Å². The molecule has 1 unspecified atom stereocenters. The number of rotatable bonds is 13. The van der Waals surface area contributed by atoms with Gasteiger partial charge in [0.2, 0.25) is 11.8 Å². The fourth-order valence-corrected chi connectivity index (χ4v) is 5.70. The van der Waals surface area contributed by atoms with Crippen LogP contribution < -0.4 is 10.1 Å². The molecule has 1 N–H and O–H groups in total. The lowest BCUT2D eigenvalue weighted by Crippen LogP contribution is -2.44. The summed E-state index contributed by atoms with van der Waals surface area (Å²) in [5, 5.41) is 2.88. The predicted molar refractivity (Wildman–Crippen MR) is 175 cm³/mol. The Morgan fingerprint density at radius 1 is 0.870 bits per heavy atom. The molecule has 0 saturated carbocycles. The molecule has 1 aliphatic heterocycles. The molecule has 0 aliphatic carbocycles. The van der Waals surface area contributed by atoms with Crippen LogP contribution in [0.4, 0.5) is 0 Å². The van der Waals surface area contributed by atoms with E-state index in [1.807, 2.05) is 77.7 Å².